The maximum absolute atomic E-state index is 14.7. The summed E-state index contributed by atoms with van der Waals surface area (Å²) >= 11 is 6.06. The molecule has 0 aromatic heterocycles. The summed E-state index contributed by atoms with van der Waals surface area (Å²) in [6.45, 7) is 4.30. The smallest absolute Gasteiger partial charge is 0.264 e. The number of sulfonamides is 1. The molecule has 0 saturated carbocycles. The van der Waals surface area contributed by atoms with Gasteiger partial charge in [-0.15, -0.1) is 0 Å². The molecule has 0 radical (unpaired) electrons. The van der Waals surface area contributed by atoms with Crippen molar-refractivity contribution in [2.75, 3.05) is 25.1 Å². The van der Waals surface area contributed by atoms with Crippen LogP contribution in [0.15, 0.2) is 71.6 Å². The number of amides is 2. The van der Waals surface area contributed by atoms with Crippen molar-refractivity contribution in [2.24, 2.45) is 0 Å². The maximum Gasteiger partial charge on any atom is 0.264 e. The first-order valence-electron chi connectivity index (χ1n) is 13.3. The monoisotopic (exact) mass is 619 g/mol. The molecule has 226 valence electrons. The van der Waals surface area contributed by atoms with Crippen LogP contribution in [-0.2, 0) is 26.2 Å². The van der Waals surface area contributed by atoms with Crippen molar-refractivity contribution in [3.63, 3.8) is 0 Å². The van der Waals surface area contributed by atoms with Crippen LogP contribution < -0.4 is 19.1 Å². The average molecular weight is 620 g/mol. The van der Waals surface area contributed by atoms with Crippen LogP contribution >= 0.6 is 11.6 Å². The topological polar surface area (TPSA) is 105 Å². The Balaban J connectivity index is 2.07. The highest BCUT2D eigenvalue weighted by Crippen LogP contribution is 2.32. The van der Waals surface area contributed by atoms with E-state index in [0.717, 1.165) is 4.31 Å². The molecule has 0 aliphatic heterocycles. The van der Waals surface area contributed by atoms with E-state index in [1.165, 1.54) is 86.7 Å². The Kier molecular flexibility index (Phi) is 11.2. The fourth-order valence-corrected chi connectivity index (χ4v) is 5.65. The van der Waals surface area contributed by atoms with E-state index >= 15 is 0 Å². The standard InChI is InChI=1S/C30H35ClFN3O6S/c1-6-20(2)33-30(37)21(3)34(18-22-9-7-8-10-26(22)32)29(36)19-35(24-13-11-23(31)12-14-24)42(38,39)25-15-16-27(40-4)28(17-25)41-5/h7-17,20-21H,6,18-19H2,1-5H3,(H,33,37)/t20-,21-/m0/s1. The number of halogens is 2. The second-order valence-corrected chi connectivity index (χ2v) is 11.9. The van der Waals surface area contributed by atoms with Gasteiger partial charge in [0.2, 0.25) is 11.8 Å². The first kappa shape index (κ1) is 32.7. The van der Waals surface area contributed by atoms with Gasteiger partial charge in [-0.2, -0.15) is 0 Å². The molecule has 0 aliphatic carbocycles. The van der Waals surface area contributed by atoms with Crippen molar-refractivity contribution >= 4 is 39.1 Å². The molecule has 3 aromatic carbocycles. The quantitative estimate of drug-likeness (QED) is 0.288. The van der Waals surface area contributed by atoms with E-state index in [4.69, 9.17) is 21.1 Å². The Labute approximate surface area is 251 Å². The summed E-state index contributed by atoms with van der Waals surface area (Å²) in [6, 6.07) is 14.7. The Morgan fingerprint density at radius 2 is 1.62 bits per heavy atom. The second-order valence-electron chi connectivity index (χ2n) is 9.61. The molecule has 42 heavy (non-hydrogen) atoms. The predicted molar refractivity (Wildman–Crippen MR) is 160 cm³/mol. The first-order valence-corrected chi connectivity index (χ1v) is 15.1. The summed E-state index contributed by atoms with van der Waals surface area (Å²) in [6.07, 6.45) is 0.660. The highest BCUT2D eigenvalue weighted by Gasteiger charge is 2.33. The van der Waals surface area contributed by atoms with Gasteiger partial charge in [0, 0.05) is 29.2 Å². The molecule has 1 N–H and O–H groups in total. The van der Waals surface area contributed by atoms with Crippen LogP contribution in [0.4, 0.5) is 10.1 Å². The molecule has 0 spiro atoms. The van der Waals surface area contributed by atoms with Crippen LogP contribution in [0.2, 0.25) is 5.02 Å². The average Bonchev–Trinajstić information content (AvgIpc) is 2.98. The summed E-state index contributed by atoms with van der Waals surface area (Å²) in [5.74, 6) is -1.23. The molecule has 12 heteroatoms. The van der Waals surface area contributed by atoms with Crippen LogP contribution in [-0.4, -0.2) is 58.0 Å². The van der Waals surface area contributed by atoms with E-state index in [-0.39, 0.29) is 34.5 Å². The number of rotatable bonds is 13. The van der Waals surface area contributed by atoms with Crippen LogP contribution in [0.25, 0.3) is 0 Å². The summed E-state index contributed by atoms with van der Waals surface area (Å²) in [7, 11) is -1.57. The second kappa shape index (κ2) is 14.4. The van der Waals surface area contributed by atoms with Gasteiger partial charge in [0.15, 0.2) is 11.5 Å². The van der Waals surface area contributed by atoms with E-state index in [2.05, 4.69) is 5.32 Å². The van der Waals surface area contributed by atoms with Gasteiger partial charge in [-0.3, -0.25) is 13.9 Å². The zero-order valence-electron chi connectivity index (χ0n) is 24.1. The number of nitrogens with zero attached hydrogens (tertiary/aromatic N) is 2. The number of benzene rings is 3. The highest BCUT2D eigenvalue weighted by atomic mass is 35.5. The van der Waals surface area contributed by atoms with Gasteiger partial charge in [0.25, 0.3) is 10.0 Å². The minimum Gasteiger partial charge on any atom is -0.493 e. The van der Waals surface area contributed by atoms with Gasteiger partial charge in [-0.1, -0.05) is 36.7 Å². The van der Waals surface area contributed by atoms with Gasteiger partial charge in [0.05, 0.1) is 24.8 Å². The maximum atomic E-state index is 14.7. The van der Waals surface area contributed by atoms with Crippen molar-refractivity contribution in [3.05, 3.63) is 83.1 Å². The Bertz CT molecular complexity index is 1500. The lowest BCUT2D eigenvalue weighted by atomic mass is 10.1. The van der Waals surface area contributed by atoms with Gasteiger partial charge < -0.3 is 19.7 Å². The van der Waals surface area contributed by atoms with E-state index in [1.807, 2.05) is 13.8 Å². The fraction of sp³-hybridized carbons (Fsp3) is 0.333. The number of carbonyl (C=O) groups is 2. The number of nitrogens with one attached hydrogen (secondary N) is 1. The normalized spacial score (nSPS) is 12.6. The molecular weight excluding hydrogens is 585 g/mol. The van der Waals surface area contributed by atoms with Crippen molar-refractivity contribution in [1.29, 1.82) is 0 Å². The van der Waals surface area contributed by atoms with Crippen molar-refractivity contribution in [2.45, 2.75) is 50.7 Å². The van der Waals surface area contributed by atoms with Crippen molar-refractivity contribution in [1.82, 2.24) is 10.2 Å². The lowest BCUT2D eigenvalue weighted by Crippen LogP contribution is -2.52. The largest absolute Gasteiger partial charge is 0.493 e. The van der Waals surface area contributed by atoms with Crippen molar-refractivity contribution in [3.8, 4) is 11.5 Å². The van der Waals surface area contributed by atoms with E-state index in [1.54, 1.807) is 6.07 Å². The van der Waals surface area contributed by atoms with Gasteiger partial charge in [-0.25, -0.2) is 12.8 Å². The van der Waals surface area contributed by atoms with Crippen LogP contribution in [0.5, 0.6) is 11.5 Å². The minimum absolute atomic E-state index is 0.157. The molecular formula is C30H35ClFN3O6S. The van der Waals surface area contributed by atoms with Gasteiger partial charge >= 0.3 is 0 Å². The van der Waals surface area contributed by atoms with Crippen LogP contribution in [0.3, 0.4) is 0 Å². The molecule has 0 unspecified atom stereocenters. The van der Waals surface area contributed by atoms with E-state index in [0.29, 0.717) is 17.2 Å². The Morgan fingerprint density at radius 1 is 0.976 bits per heavy atom. The van der Waals surface area contributed by atoms with Gasteiger partial charge in [-0.05, 0) is 62.7 Å². The SMILES string of the molecule is CC[C@H](C)NC(=O)[C@H](C)N(Cc1ccccc1F)C(=O)CN(c1ccc(Cl)cc1)S(=O)(=O)c1ccc(OC)c(OC)c1. The number of anilines is 1. The van der Waals surface area contributed by atoms with Crippen LogP contribution in [0, 0.1) is 5.82 Å². The van der Waals surface area contributed by atoms with Crippen LogP contribution in [0.1, 0.15) is 32.8 Å². The third kappa shape index (κ3) is 7.71. The molecule has 2 atom stereocenters. The predicted octanol–water partition coefficient (Wildman–Crippen LogP) is 5.02. The molecule has 9 nitrogen and oxygen atoms in total. The Hall–Kier alpha value is -3.83. The summed E-state index contributed by atoms with van der Waals surface area (Å²) in [5, 5.41) is 3.20. The summed E-state index contributed by atoms with van der Waals surface area (Å²) in [5.41, 5.74) is 0.333. The van der Waals surface area contributed by atoms with Gasteiger partial charge in [0.1, 0.15) is 18.4 Å². The molecule has 0 aliphatic rings. The number of methoxy groups -OCH3 is 2. The first-order chi connectivity index (χ1) is 19.9. The third-order valence-corrected chi connectivity index (χ3v) is 8.83. The molecule has 0 bridgehead atoms. The zero-order valence-corrected chi connectivity index (χ0v) is 25.7. The lowest BCUT2D eigenvalue weighted by Gasteiger charge is -2.32. The molecule has 3 aromatic rings. The number of hydrogen-bond donors (Lipinski definition) is 1. The number of hydrogen-bond acceptors (Lipinski definition) is 6. The van der Waals surface area contributed by atoms with E-state index < -0.39 is 40.2 Å². The fourth-order valence-electron chi connectivity index (χ4n) is 4.10. The van der Waals surface area contributed by atoms with Crippen molar-refractivity contribution < 1.29 is 31.9 Å². The minimum atomic E-state index is -4.37. The van der Waals surface area contributed by atoms with E-state index in [9.17, 15) is 22.4 Å². The molecule has 0 heterocycles. The number of ether oxygens (including phenoxy) is 2. The Morgan fingerprint density at radius 3 is 2.21 bits per heavy atom. The summed E-state index contributed by atoms with van der Waals surface area (Å²) < 4.78 is 54.2. The zero-order chi connectivity index (χ0) is 31.0. The number of carbonyl (C=O) groups excluding carboxylic acids is 2. The molecule has 0 fully saturated rings. The summed E-state index contributed by atoms with van der Waals surface area (Å²) in [4.78, 5) is 28.1. The molecule has 3 rings (SSSR count). The third-order valence-electron chi connectivity index (χ3n) is 6.80. The highest BCUT2D eigenvalue weighted by molar-refractivity contribution is 7.92. The molecule has 0 saturated heterocycles. The lowest BCUT2D eigenvalue weighted by molar-refractivity contribution is -0.139. The molecule has 2 amide bonds.